The average molecular weight is 235 g/mol. The molecule has 0 saturated heterocycles. The predicted molar refractivity (Wildman–Crippen MR) is 76.1 cm³/mol. The zero-order valence-electron chi connectivity index (χ0n) is 9.93. The lowest BCUT2D eigenvalue weighted by Crippen LogP contribution is -1.87. The molecule has 0 bridgehead atoms. The van der Waals surface area contributed by atoms with Gasteiger partial charge < -0.3 is 10.7 Å². The van der Waals surface area contributed by atoms with Crippen LogP contribution in [0.1, 0.15) is 0 Å². The van der Waals surface area contributed by atoms with Gasteiger partial charge in [-0.25, -0.2) is 0 Å². The second-order valence-corrected chi connectivity index (χ2v) is 4.24. The summed E-state index contributed by atoms with van der Waals surface area (Å²) in [6.07, 6.45) is 0. The van der Waals surface area contributed by atoms with Crippen LogP contribution in [0.15, 0.2) is 66.7 Å². The number of nitrogens with two attached hydrogens (primary N) is 1. The smallest absolute Gasteiger partial charge is 0.109 e. The Morgan fingerprint density at radius 2 is 1.28 bits per heavy atom. The van der Waals surface area contributed by atoms with Gasteiger partial charge >= 0.3 is 0 Å². The molecule has 0 saturated carbocycles. The summed E-state index contributed by atoms with van der Waals surface area (Å²) >= 11 is 0. The molecule has 3 N–H and O–H groups in total. The highest BCUT2D eigenvalue weighted by Crippen LogP contribution is 2.30. The number of aromatic nitrogens is 1. The van der Waals surface area contributed by atoms with Crippen molar-refractivity contribution in [2.45, 2.75) is 0 Å². The van der Waals surface area contributed by atoms with Crippen molar-refractivity contribution in [3.8, 4) is 22.4 Å². The second-order valence-electron chi connectivity index (χ2n) is 4.24. The minimum Gasteiger partial charge on any atom is -0.385 e. The van der Waals surface area contributed by atoms with Gasteiger partial charge in [-0.1, -0.05) is 60.7 Å². The third kappa shape index (κ3) is 1.89. The number of nitrogens with one attached hydrogen (secondary N) is 1. The molecular formula is C16H14N2. The van der Waals surface area contributed by atoms with Crippen molar-refractivity contribution < 1.29 is 0 Å². The molecule has 2 heteroatoms. The number of H-pyrrole nitrogens is 1. The first kappa shape index (κ1) is 10.7. The Bertz CT molecular complexity index is 639. The summed E-state index contributed by atoms with van der Waals surface area (Å²) in [7, 11) is 0. The molecule has 0 unspecified atom stereocenters. The molecular weight excluding hydrogens is 221 g/mol. The maximum atomic E-state index is 6.06. The number of rotatable bonds is 2. The maximum absolute atomic E-state index is 6.06. The van der Waals surface area contributed by atoms with Gasteiger partial charge in [0.05, 0.1) is 0 Å². The highest BCUT2D eigenvalue weighted by molar-refractivity contribution is 5.80. The number of nitrogen functional groups attached to an aromatic ring is 1. The van der Waals surface area contributed by atoms with E-state index in [1.54, 1.807) is 0 Å². The minimum absolute atomic E-state index is 0.708. The van der Waals surface area contributed by atoms with E-state index in [0.29, 0.717) is 5.82 Å². The molecule has 3 aromatic rings. The molecule has 88 valence electrons. The fourth-order valence-corrected chi connectivity index (χ4v) is 2.10. The Balaban J connectivity index is 2.07. The van der Waals surface area contributed by atoms with Crippen molar-refractivity contribution in [1.82, 2.24) is 4.98 Å². The van der Waals surface area contributed by atoms with Crippen LogP contribution in [0, 0.1) is 0 Å². The molecule has 0 amide bonds. The summed E-state index contributed by atoms with van der Waals surface area (Å²) in [5, 5.41) is 0. The van der Waals surface area contributed by atoms with Gasteiger partial charge in [-0.3, -0.25) is 0 Å². The zero-order valence-corrected chi connectivity index (χ0v) is 9.93. The Labute approximate surface area is 106 Å². The second kappa shape index (κ2) is 4.41. The van der Waals surface area contributed by atoms with Crippen LogP contribution < -0.4 is 5.73 Å². The van der Waals surface area contributed by atoms with Gasteiger partial charge in [-0.05, 0) is 17.2 Å². The van der Waals surface area contributed by atoms with E-state index in [-0.39, 0.29) is 0 Å². The largest absolute Gasteiger partial charge is 0.385 e. The molecule has 1 aromatic heterocycles. The van der Waals surface area contributed by atoms with E-state index in [4.69, 9.17) is 5.73 Å². The van der Waals surface area contributed by atoms with Crippen LogP contribution >= 0.6 is 0 Å². The van der Waals surface area contributed by atoms with E-state index in [1.165, 1.54) is 0 Å². The lowest BCUT2D eigenvalue weighted by atomic mass is 10.1. The van der Waals surface area contributed by atoms with E-state index in [0.717, 1.165) is 22.4 Å². The fraction of sp³-hybridized carbons (Fsp3) is 0. The zero-order chi connectivity index (χ0) is 12.4. The first-order chi connectivity index (χ1) is 8.84. The Morgan fingerprint density at radius 1 is 0.722 bits per heavy atom. The average Bonchev–Trinajstić information content (AvgIpc) is 2.83. The van der Waals surface area contributed by atoms with E-state index < -0.39 is 0 Å². The molecule has 0 fully saturated rings. The Hall–Kier alpha value is -2.48. The number of aromatic amines is 1. The van der Waals surface area contributed by atoms with Crippen LogP contribution in [0.2, 0.25) is 0 Å². The molecule has 1 heterocycles. The van der Waals surface area contributed by atoms with Crippen LogP contribution in [0.4, 0.5) is 5.82 Å². The molecule has 0 radical (unpaired) electrons. The van der Waals surface area contributed by atoms with Crippen molar-refractivity contribution >= 4 is 5.82 Å². The Kier molecular flexibility index (Phi) is 2.61. The van der Waals surface area contributed by atoms with Crippen molar-refractivity contribution in [2.24, 2.45) is 0 Å². The number of hydrogen-bond acceptors (Lipinski definition) is 1. The summed E-state index contributed by atoms with van der Waals surface area (Å²) < 4.78 is 0. The van der Waals surface area contributed by atoms with Gasteiger partial charge in [-0.15, -0.1) is 0 Å². The van der Waals surface area contributed by atoms with Crippen LogP contribution in [0.25, 0.3) is 22.4 Å². The van der Waals surface area contributed by atoms with Crippen LogP contribution in [-0.2, 0) is 0 Å². The van der Waals surface area contributed by atoms with Crippen molar-refractivity contribution in [1.29, 1.82) is 0 Å². The summed E-state index contributed by atoms with van der Waals surface area (Å²) in [4.78, 5) is 3.24. The molecule has 2 aromatic carbocycles. The van der Waals surface area contributed by atoms with Crippen LogP contribution in [0.5, 0.6) is 0 Å². The third-order valence-corrected chi connectivity index (χ3v) is 3.02. The first-order valence-electron chi connectivity index (χ1n) is 5.94. The molecule has 0 spiro atoms. The molecule has 0 aliphatic rings. The number of hydrogen-bond donors (Lipinski definition) is 2. The van der Waals surface area contributed by atoms with Crippen LogP contribution in [0.3, 0.4) is 0 Å². The predicted octanol–water partition coefficient (Wildman–Crippen LogP) is 3.93. The van der Waals surface area contributed by atoms with Crippen LogP contribution in [-0.4, -0.2) is 4.98 Å². The van der Waals surface area contributed by atoms with Crippen molar-refractivity contribution in [3.05, 3.63) is 66.7 Å². The quantitative estimate of drug-likeness (QED) is 0.649. The SMILES string of the molecule is [15NH2]c1[nH]c(-c2ccccc2)cc1-c1ccccc1. The van der Waals surface area contributed by atoms with Gasteiger partial charge in [-0.2, -0.15) is 0 Å². The summed E-state index contributed by atoms with van der Waals surface area (Å²) in [6, 6.07) is 22.5. The third-order valence-electron chi connectivity index (χ3n) is 3.02. The summed E-state index contributed by atoms with van der Waals surface area (Å²) in [5.74, 6) is 0.708. The lowest BCUT2D eigenvalue weighted by molar-refractivity contribution is 1.40. The molecule has 2 nitrogen and oxygen atoms in total. The first-order valence-corrected chi connectivity index (χ1v) is 5.94. The highest BCUT2D eigenvalue weighted by atomic mass is 15.4. The van der Waals surface area contributed by atoms with E-state index in [1.807, 2.05) is 36.4 Å². The highest BCUT2D eigenvalue weighted by Gasteiger charge is 2.08. The van der Waals surface area contributed by atoms with E-state index >= 15 is 0 Å². The lowest BCUT2D eigenvalue weighted by Gasteiger charge is -1.97. The fourth-order valence-electron chi connectivity index (χ4n) is 2.10. The monoisotopic (exact) mass is 235 g/mol. The maximum Gasteiger partial charge on any atom is 0.109 e. The molecule has 0 atom stereocenters. The normalized spacial score (nSPS) is 10.4. The topological polar surface area (TPSA) is 41.8 Å². The van der Waals surface area contributed by atoms with Crippen molar-refractivity contribution in [2.75, 3.05) is 5.73 Å². The van der Waals surface area contributed by atoms with Gasteiger partial charge in [0.1, 0.15) is 5.82 Å². The number of benzene rings is 2. The van der Waals surface area contributed by atoms with E-state index in [9.17, 15) is 0 Å². The van der Waals surface area contributed by atoms with Gasteiger partial charge in [0.15, 0.2) is 0 Å². The van der Waals surface area contributed by atoms with E-state index in [2.05, 4.69) is 35.3 Å². The minimum atomic E-state index is 0.708. The number of anilines is 1. The standard InChI is InChI=1S/C16H14N2/c17-16-14(12-7-3-1-4-8-12)11-15(18-16)13-9-5-2-6-10-13/h1-11,18H,17H2/i17+1. The van der Waals surface area contributed by atoms with Gasteiger partial charge in [0.2, 0.25) is 0 Å². The summed E-state index contributed by atoms with van der Waals surface area (Å²) in [6.45, 7) is 0. The summed E-state index contributed by atoms with van der Waals surface area (Å²) in [5.41, 5.74) is 10.4. The Morgan fingerprint density at radius 3 is 1.89 bits per heavy atom. The van der Waals surface area contributed by atoms with Gasteiger partial charge in [0, 0.05) is 11.3 Å². The molecule has 3 rings (SSSR count). The molecule has 0 aliphatic heterocycles. The molecule has 0 aliphatic carbocycles. The molecule has 18 heavy (non-hydrogen) atoms. The van der Waals surface area contributed by atoms with Crippen molar-refractivity contribution in [3.63, 3.8) is 0 Å². The van der Waals surface area contributed by atoms with Gasteiger partial charge in [0.25, 0.3) is 0 Å².